The SMILES string of the molecule is NC1CN(CCOc2cccc3c2OCCO3)C1. The maximum absolute atomic E-state index is 5.76. The van der Waals surface area contributed by atoms with Crippen molar-refractivity contribution < 1.29 is 14.2 Å². The van der Waals surface area contributed by atoms with Gasteiger partial charge in [-0.3, -0.25) is 4.90 Å². The zero-order chi connectivity index (χ0) is 12.4. The van der Waals surface area contributed by atoms with E-state index in [9.17, 15) is 0 Å². The zero-order valence-corrected chi connectivity index (χ0v) is 10.3. The second-order valence-electron chi connectivity index (χ2n) is 4.65. The van der Waals surface area contributed by atoms with Gasteiger partial charge in [0.2, 0.25) is 5.75 Å². The first-order valence-electron chi connectivity index (χ1n) is 6.32. The van der Waals surface area contributed by atoms with Gasteiger partial charge in [-0.1, -0.05) is 6.07 Å². The van der Waals surface area contributed by atoms with Gasteiger partial charge in [0.15, 0.2) is 11.5 Å². The van der Waals surface area contributed by atoms with Gasteiger partial charge in [-0.05, 0) is 12.1 Å². The number of rotatable bonds is 4. The lowest BCUT2D eigenvalue weighted by Crippen LogP contribution is -2.56. The lowest BCUT2D eigenvalue weighted by molar-refractivity contribution is 0.119. The van der Waals surface area contributed by atoms with Crippen LogP contribution in [0.15, 0.2) is 18.2 Å². The Kier molecular flexibility index (Phi) is 3.25. The summed E-state index contributed by atoms with van der Waals surface area (Å²) >= 11 is 0. The van der Waals surface area contributed by atoms with Crippen molar-refractivity contribution in [2.45, 2.75) is 6.04 Å². The molecule has 0 unspecified atom stereocenters. The van der Waals surface area contributed by atoms with Gasteiger partial charge in [-0.2, -0.15) is 0 Å². The van der Waals surface area contributed by atoms with Crippen molar-refractivity contribution in [3.8, 4) is 17.2 Å². The van der Waals surface area contributed by atoms with Gasteiger partial charge in [0.25, 0.3) is 0 Å². The summed E-state index contributed by atoms with van der Waals surface area (Å²) in [6.07, 6.45) is 0. The van der Waals surface area contributed by atoms with Gasteiger partial charge in [-0.15, -0.1) is 0 Å². The molecule has 2 heterocycles. The first-order valence-corrected chi connectivity index (χ1v) is 6.32. The first kappa shape index (κ1) is 11.6. The molecular weight excluding hydrogens is 232 g/mol. The molecule has 5 heteroatoms. The average molecular weight is 250 g/mol. The Hall–Kier alpha value is -1.46. The van der Waals surface area contributed by atoms with Gasteiger partial charge < -0.3 is 19.9 Å². The number of nitrogens with zero attached hydrogens (tertiary/aromatic N) is 1. The van der Waals surface area contributed by atoms with Gasteiger partial charge in [0, 0.05) is 25.7 Å². The minimum absolute atomic E-state index is 0.339. The Morgan fingerprint density at radius 3 is 2.94 bits per heavy atom. The highest BCUT2D eigenvalue weighted by molar-refractivity contribution is 5.51. The molecule has 0 atom stereocenters. The van der Waals surface area contributed by atoms with Crippen molar-refractivity contribution in [2.24, 2.45) is 5.73 Å². The van der Waals surface area contributed by atoms with Crippen molar-refractivity contribution in [1.82, 2.24) is 4.90 Å². The molecule has 18 heavy (non-hydrogen) atoms. The molecule has 0 aromatic heterocycles. The van der Waals surface area contributed by atoms with E-state index in [2.05, 4.69) is 4.90 Å². The lowest BCUT2D eigenvalue weighted by Gasteiger charge is -2.36. The third kappa shape index (κ3) is 2.37. The maximum Gasteiger partial charge on any atom is 0.203 e. The molecule has 1 saturated heterocycles. The minimum atomic E-state index is 0.339. The van der Waals surface area contributed by atoms with E-state index in [1.54, 1.807) is 0 Å². The Bertz CT molecular complexity index is 419. The first-order chi connectivity index (χ1) is 8.83. The number of fused-ring (bicyclic) bond motifs is 1. The van der Waals surface area contributed by atoms with Gasteiger partial charge in [-0.25, -0.2) is 0 Å². The van der Waals surface area contributed by atoms with Crippen molar-refractivity contribution in [1.29, 1.82) is 0 Å². The minimum Gasteiger partial charge on any atom is -0.488 e. The molecule has 2 N–H and O–H groups in total. The number of ether oxygens (including phenoxy) is 3. The average Bonchev–Trinajstić information content (AvgIpc) is 2.37. The molecule has 0 saturated carbocycles. The van der Waals surface area contributed by atoms with E-state index in [0.717, 1.165) is 36.9 Å². The number of hydrogen-bond donors (Lipinski definition) is 1. The van der Waals surface area contributed by atoms with Crippen LogP contribution >= 0.6 is 0 Å². The second kappa shape index (κ2) is 5.04. The van der Waals surface area contributed by atoms with Crippen LogP contribution in [0.1, 0.15) is 0 Å². The van der Waals surface area contributed by atoms with E-state index in [-0.39, 0.29) is 0 Å². The van der Waals surface area contributed by atoms with Crippen LogP contribution in [0.25, 0.3) is 0 Å². The number of benzene rings is 1. The smallest absolute Gasteiger partial charge is 0.203 e. The van der Waals surface area contributed by atoms with Crippen molar-refractivity contribution in [3.63, 3.8) is 0 Å². The van der Waals surface area contributed by atoms with Gasteiger partial charge >= 0.3 is 0 Å². The van der Waals surface area contributed by atoms with E-state index < -0.39 is 0 Å². The summed E-state index contributed by atoms with van der Waals surface area (Å²) in [5, 5.41) is 0. The van der Waals surface area contributed by atoms with Crippen LogP contribution in [-0.2, 0) is 0 Å². The molecule has 5 nitrogen and oxygen atoms in total. The summed E-state index contributed by atoms with van der Waals surface area (Å²) in [6.45, 7) is 4.66. The van der Waals surface area contributed by atoms with Crippen molar-refractivity contribution in [3.05, 3.63) is 18.2 Å². The highest BCUT2D eigenvalue weighted by Gasteiger charge is 2.22. The fraction of sp³-hybridized carbons (Fsp3) is 0.538. The fourth-order valence-corrected chi connectivity index (χ4v) is 2.24. The molecule has 1 aromatic carbocycles. The maximum atomic E-state index is 5.76. The lowest BCUT2D eigenvalue weighted by atomic mass is 10.1. The molecule has 3 rings (SSSR count). The summed E-state index contributed by atoms with van der Waals surface area (Å²) < 4.78 is 16.9. The van der Waals surface area contributed by atoms with Gasteiger partial charge in [0.05, 0.1) is 0 Å². The summed E-state index contributed by atoms with van der Waals surface area (Å²) in [4.78, 5) is 2.28. The monoisotopic (exact) mass is 250 g/mol. The molecule has 98 valence electrons. The van der Waals surface area contributed by atoms with E-state index in [4.69, 9.17) is 19.9 Å². The molecule has 1 aromatic rings. The van der Waals surface area contributed by atoms with Crippen LogP contribution < -0.4 is 19.9 Å². The Labute approximate surface area is 106 Å². The Balaban J connectivity index is 1.55. The number of para-hydroxylation sites is 1. The van der Waals surface area contributed by atoms with Crippen LogP contribution in [0.2, 0.25) is 0 Å². The van der Waals surface area contributed by atoms with Crippen LogP contribution in [0.3, 0.4) is 0 Å². The van der Waals surface area contributed by atoms with E-state index in [1.165, 1.54) is 0 Å². The highest BCUT2D eigenvalue weighted by Crippen LogP contribution is 2.38. The van der Waals surface area contributed by atoms with Crippen LogP contribution in [-0.4, -0.2) is 50.4 Å². The summed E-state index contributed by atoms with van der Waals surface area (Å²) in [5.74, 6) is 2.26. The van der Waals surface area contributed by atoms with Crippen molar-refractivity contribution >= 4 is 0 Å². The highest BCUT2D eigenvalue weighted by atomic mass is 16.6. The molecule has 0 aliphatic carbocycles. The second-order valence-corrected chi connectivity index (χ2v) is 4.65. The molecule has 0 amide bonds. The molecule has 2 aliphatic rings. The standard InChI is InChI=1S/C13H18N2O3/c14-10-8-15(9-10)4-5-16-11-2-1-3-12-13(11)18-7-6-17-12/h1-3,10H,4-9,14H2. The predicted octanol–water partition coefficient (Wildman–Crippen LogP) is 0.479. The van der Waals surface area contributed by atoms with Crippen LogP contribution in [0, 0.1) is 0 Å². The number of hydrogen-bond acceptors (Lipinski definition) is 5. The normalized spacial score (nSPS) is 19.4. The molecule has 0 spiro atoms. The van der Waals surface area contributed by atoms with Crippen LogP contribution in [0.4, 0.5) is 0 Å². The predicted molar refractivity (Wildman–Crippen MR) is 67.3 cm³/mol. The summed E-state index contributed by atoms with van der Waals surface area (Å²) in [5.41, 5.74) is 5.72. The van der Waals surface area contributed by atoms with Crippen molar-refractivity contribution in [2.75, 3.05) is 39.5 Å². The third-order valence-electron chi connectivity index (χ3n) is 3.18. The quantitative estimate of drug-likeness (QED) is 0.842. The van der Waals surface area contributed by atoms with Gasteiger partial charge in [0.1, 0.15) is 19.8 Å². The van der Waals surface area contributed by atoms with E-state index in [1.807, 2.05) is 18.2 Å². The summed E-state index contributed by atoms with van der Waals surface area (Å²) in [6, 6.07) is 6.07. The molecular formula is C13H18N2O3. The third-order valence-corrected chi connectivity index (χ3v) is 3.18. The zero-order valence-electron chi connectivity index (χ0n) is 10.3. The summed E-state index contributed by atoms with van der Waals surface area (Å²) in [7, 11) is 0. The molecule has 1 fully saturated rings. The fourth-order valence-electron chi connectivity index (χ4n) is 2.24. The molecule has 0 bridgehead atoms. The molecule has 0 radical (unpaired) electrons. The van der Waals surface area contributed by atoms with Crippen LogP contribution in [0.5, 0.6) is 17.2 Å². The topological polar surface area (TPSA) is 57.0 Å². The van der Waals surface area contributed by atoms with E-state index in [0.29, 0.717) is 25.9 Å². The molecule has 2 aliphatic heterocycles. The number of likely N-dealkylation sites (tertiary alicyclic amines) is 1. The Morgan fingerprint density at radius 1 is 1.28 bits per heavy atom. The largest absolute Gasteiger partial charge is 0.488 e. The Morgan fingerprint density at radius 2 is 2.11 bits per heavy atom. The number of nitrogens with two attached hydrogens (primary N) is 1. The van der Waals surface area contributed by atoms with E-state index >= 15 is 0 Å².